The summed E-state index contributed by atoms with van der Waals surface area (Å²) >= 11 is 0. The van der Waals surface area contributed by atoms with Crippen molar-refractivity contribution in [2.45, 2.75) is 13.8 Å². The van der Waals surface area contributed by atoms with Crippen molar-refractivity contribution in [1.82, 2.24) is 20.4 Å². The maximum absolute atomic E-state index is 12.6. The molecule has 1 aromatic heterocycles. The standard InChI is InChI=1S/C24H30N6O4/c1-4-30(5-2)13-12-25-23(31)21-11-8-18(14-22(21)33-3)29-24(32)28-17-6-9-19(10-7-17)34-20-15-26-27-16-20/h6-11,14-16H,4-5,12-13H2,1-3H3,(H,25,31)(H,26,27)(H2,28,29,32). The van der Waals surface area contributed by atoms with Gasteiger partial charge in [-0.25, -0.2) is 4.79 Å². The Bertz CT molecular complexity index is 1070. The minimum Gasteiger partial charge on any atom is -0.496 e. The fourth-order valence-corrected chi connectivity index (χ4v) is 3.25. The van der Waals surface area contributed by atoms with Crippen molar-refractivity contribution < 1.29 is 19.1 Å². The molecule has 10 nitrogen and oxygen atoms in total. The van der Waals surface area contributed by atoms with Gasteiger partial charge in [0, 0.05) is 30.5 Å². The molecule has 0 saturated carbocycles. The minimum absolute atomic E-state index is 0.224. The van der Waals surface area contributed by atoms with Crippen LogP contribution in [0.25, 0.3) is 0 Å². The number of likely N-dealkylation sites (N-methyl/N-ethyl adjacent to an activating group) is 1. The highest BCUT2D eigenvalue weighted by atomic mass is 16.5. The molecule has 3 aromatic rings. The smallest absolute Gasteiger partial charge is 0.323 e. The third kappa shape index (κ3) is 6.97. The van der Waals surface area contributed by atoms with Crippen LogP contribution in [0.15, 0.2) is 54.9 Å². The molecule has 0 saturated heterocycles. The van der Waals surface area contributed by atoms with E-state index >= 15 is 0 Å². The molecule has 3 amide bonds. The summed E-state index contributed by atoms with van der Waals surface area (Å²) in [5.41, 5.74) is 1.49. The molecule has 10 heteroatoms. The zero-order valence-corrected chi connectivity index (χ0v) is 19.6. The first-order valence-electron chi connectivity index (χ1n) is 11.1. The number of aromatic amines is 1. The third-order valence-corrected chi connectivity index (χ3v) is 5.13. The molecule has 2 aromatic carbocycles. The SMILES string of the molecule is CCN(CC)CCNC(=O)c1ccc(NC(=O)Nc2ccc(Oc3cn[nH]c3)cc2)cc1OC. The highest BCUT2D eigenvalue weighted by Crippen LogP contribution is 2.24. The van der Waals surface area contributed by atoms with E-state index < -0.39 is 6.03 Å². The number of hydrogen-bond acceptors (Lipinski definition) is 6. The molecule has 0 radical (unpaired) electrons. The molecule has 0 fully saturated rings. The third-order valence-electron chi connectivity index (χ3n) is 5.13. The molecule has 3 rings (SSSR count). The Balaban J connectivity index is 1.54. The lowest BCUT2D eigenvalue weighted by Gasteiger charge is -2.18. The summed E-state index contributed by atoms with van der Waals surface area (Å²) in [5.74, 6) is 1.35. The number of urea groups is 1. The summed E-state index contributed by atoms with van der Waals surface area (Å²) in [6.07, 6.45) is 3.20. The first-order valence-corrected chi connectivity index (χ1v) is 11.1. The number of carbonyl (C=O) groups is 2. The van der Waals surface area contributed by atoms with Gasteiger partial charge < -0.3 is 30.3 Å². The monoisotopic (exact) mass is 466 g/mol. The van der Waals surface area contributed by atoms with Gasteiger partial charge in [-0.05, 0) is 49.5 Å². The summed E-state index contributed by atoms with van der Waals surface area (Å²) in [4.78, 5) is 27.2. The number of anilines is 2. The van der Waals surface area contributed by atoms with Crippen LogP contribution in [0, 0.1) is 0 Å². The van der Waals surface area contributed by atoms with Gasteiger partial charge in [0.25, 0.3) is 5.91 Å². The fraction of sp³-hybridized carbons (Fsp3) is 0.292. The van der Waals surface area contributed by atoms with Gasteiger partial charge in [-0.15, -0.1) is 0 Å². The fourth-order valence-electron chi connectivity index (χ4n) is 3.25. The van der Waals surface area contributed by atoms with Gasteiger partial charge >= 0.3 is 6.03 Å². The van der Waals surface area contributed by atoms with E-state index in [1.165, 1.54) is 7.11 Å². The number of amides is 3. The van der Waals surface area contributed by atoms with Gasteiger partial charge in [-0.1, -0.05) is 13.8 Å². The Labute approximate surface area is 198 Å². The van der Waals surface area contributed by atoms with Crippen LogP contribution < -0.4 is 25.4 Å². The molecular formula is C24H30N6O4. The average Bonchev–Trinajstić information content (AvgIpc) is 3.36. The summed E-state index contributed by atoms with van der Waals surface area (Å²) in [6.45, 7) is 7.35. The maximum atomic E-state index is 12.6. The Morgan fingerprint density at radius 2 is 1.71 bits per heavy atom. The first kappa shape index (κ1) is 24.6. The zero-order valence-electron chi connectivity index (χ0n) is 19.6. The number of hydrogen-bond donors (Lipinski definition) is 4. The number of ether oxygens (including phenoxy) is 2. The van der Waals surface area contributed by atoms with Crippen molar-refractivity contribution in [2.75, 3.05) is 43.9 Å². The van der Waals surface area contributed by atoms with E-state index in [0.717, 1.165) is 19.6 Å². The van der Waals surface area contributed by atoms with E-state index in [2.05, 4.69) is 44.9 Å². The molecule has 4 N–H and O–H groups in total. The second-order valence-corrected chi connectivity index (χ2v) is 7.34. The van der Waals surface area contributed by atoms with Gasteiger partial charge in [0.2, 0.25) is 0 Å². The lowest BCUT2D eigenvalue weighted by atomic mass is 10.1. The number of methoxy groups -OCH3 is 1. The Kier molecular flexibility index (Phi) is 8.87. The van der Waals surface area contributed by atoms with Crippen molar-refractivity contribution in [2.24, 2.45) is 0 Å². The van der Waals surface area contributed by atoms with Crippen LogP contribution in [0.2, 0.25) is 0 Å². The molecule has 0 atom stereocenters. The Morgan fingerprint density at radius 1 is 1.00 bits per heavy atom. The van der Waals surface area contributed by atoms with E-state index in [0.29, 0.717) is 40.7 Å². The van der Waals surface area contributed by atoms with Crippen LogP contribution in [-0.2, 0) is 0 Å². The van der Waals surface area contributed by atoms with Gasteiger partial charge in [-0.3, -0.25) is 9.89 Å². The van der Waals surface area contributed by atoms with E-state index in [1.807, 2.05) is 0 Å². The number of H-pyrrole nitrogens is 1. The van der Waals surface area contributed by atoms with Crippen LogP contribution in [0.1, 0.15) is 24.2 Å². The predicted octanol–water partition coefficient (Wildman–Crippen LogP) is 3.93. The zero-order chi connectivity index (χ0) is 24.3. The van der Waals surface area contributed by atoms with Crippen molar-refractivity contribution in [1.29, 1.82) is 0 Å². The van der Waals surface area contributed by atoms with Crippen LogP contribution in [0.4, 0.5) is 16.2 Å². The van der Waals surface area contributed by atoms with Crippen LogP contribution >= 0.6 is 0 Å². The lowest BCUT2D eigenvalue weighted by Crippen LogP contribution is -2.34. The number of nitrogens with zero attached hydrogens (tertiary/aromatic N) is 2. The molecule has 34 heavy (non-hydrogen) atoms. The second-order valence-electron chi connectivity index (χ2n) is 7.34. The number of aromatic nitrogens is 2. The molecule has 0 aliphatic heterocycles. The predicted molar refractivity (Wildman–Crippen MR) is 131 cm³/mol. The number of rotatable bonds is 11. The highest BCUT2D eigenvalue weighted by molar-refractivity contribution is 6.01. The summed E-state index contributed by atoms with van der Waals surface area (Å²) in [7, 11) is 1.49. The molecule has 0 spiro atoms. The summed E-state index contributed by atoms with van der Waals surface area (Å²) in [6, 6.07) is 11.4. The van der Waals surface area contributed by atoms with Crippen molar-refractivity contribution >= 4 is 23.3 Å². The Hall–Kier alpha value is -4.05. The molecule has 0 aliphatic carbocycles. The number of carbonyl (C=O) groups excluding carboxylic acids is 2. The Morgan fingerprint density at radius 3 is 2.35 bits per heavy atom. The number of nitrogens with one attached hydrogen (secondary N) is 4. The van der Waals surface area contributed by atoms with E-state index in [1.54, 1.807) is 54.9 Å². The highest BCUT2D eigenvalue weighted by Gasteiger charge is 2.14. The van der Waals surface area contributed by atoms with E-state index in [-0.39, 0.29) is 5.91 Å². The quantitative estimate of drug-likeness (QED) is 0.340. The minimum atomic E-state index is -0.429. The van der Waals surface area contributed by atoms with Gasteiger partial charge in [-0.2, -0.15) is 5.10 Å². The molecular weight excluding hydrogens is 436 g/mol. The van der Waals surface area contributed by atoms with Crippen molar-refractivity contribution in [3.05, 3.63) is 60.4 Å². The van der Waals surface area contributed by atoms with Gasteiger partial charge in [0.05, 0.1) is 25.1 Å². The van der Waals surface area contributed by atoms with Gasteiger partial charge in [0.1, 0.15) is 11.5 Å². The molecule has 1 heterocycles. The topological polar surface area (TPSA) is 121 Å². The van der Waals surface area contributed by atoms with Gasteiger partial charge in [0.15, 0.2) is 5.75 Å². The van der Waals surface area contributed by atoms with Crippen molar-refractivity contribution in [3.8, 4) is 17.2 Å². The first-order chi connectivity index (χ1) is 16.5. The normalized spacial score (nSPS) is 10.6. The second kappa shape index (κ2) is 12.3. The number of benzene rings is 2. The molecule has 0 unspecified atom stereocenters. The molecule has 0 bridgehead atoms. The van der Waals surface area contributed by atoms with Crippen LogP contribution in [-0.4, -0.2) is 60.3 Å². The summed E-state index contributed by atoms with van der Waals surface area (Å²) in [5, 5.41) is 14.9. The largest absolute Gasteiger partial charge is 0.496 e. The van der Waals surface area contributed by atoms with Crippen molar-refractivity contribution in [3.63, 3.8) is 0 Å². The summed E-state index contributed by atoms with van der Waals surface area (Å²) < 4.78 is 11.0. The van der Waals surface area contributed by atoms with E-state index in [9.17, 15) is 9.59 Å². The van der Waals surface area contributed by atoms with Crippen LogP contribution in [0.3, 0.4) is 0 Å². The average molecular weight is 467 g/mol. The molecule has 180 valence electrons. The van der Waals surface area contributed by atoms with E-state index in [4.69, 9.17) is 9.47 Å². The molecule has 0 aliphatic rings. The lowest BCUT2D eigenvalue weighted by molar-refractivity contribution is 0.0946. The van der Waals surface area contributed by atoms with Crippen LogP contribution in [0.5, 0.6) is 17.2 Å². The maximum Gasteiger partial charge on any atom is 0.323 e.